The lowest BCUT2D eigenvalue weighted by Gasteiger charge is -2.06. The normalized spacial score (nSPS) is 12.3. The van der Waals surface area contributed by atoms with Crippen molar-refractivity contribution in [1.82, 2.24) is 10.2 Å². The predicted octanol–water partition coefficient (Wildman–Crippen LogP) is 5.83. The quantitative estimate of drug-likeness (QED) is 0.156. The Labute approximate surface area is 184 Å². The van der Waals surface area contributed by atoms with Crippen LogP contribution >= 0.6 is 22.9 Å². The lowest BCUT2D eigenvalue weighted by Crippen LogP contribution is -2.06. The Morgan fingerprint density at radius 3 is 2.68 bits per heavy atom. The van der Waals surface area contributed by atoms with Crippen molar-refractivity contribution in [2.75, 3.05) is 0 Å². The number of hydrogen-bond donors (Lipinski definition) is 0. The number of benzene rings is 2. The maximum absolute atomic E-state index is 12.2. The molecule has 0 spiro atoms. The summed E-state index contributed by atoms with van der Waals surface area (Å²) in [4.78, 5) is 23.2. The minimum atomic E-state index is -0.783. The van der Waals surface area contributed by atoms with E-state index in [1.54, 1.807) is 13.0 Å². The van der Waals surface area contributed by atoms with Crippen molar-refractivity contribution in [3.63, 3.8) is 0 Å². The zero-order valence-corrected chi connectivity index (χ0v) is 17.6. The standard InChI is InChI=1S/C21H14ClN3O5S/c1-12(20-23-24-21(30-20)13-6-8-14(9-7-13)25(27)28)29-18(26)11-10-17-19(22)15-4-2-3-5-16(15)31-17/h2-12H,1H3/b11-10+. The molecule has 0 radical (unpaired) electrons. The lowest BCUT2D eigenvalue weighted by molar-refractivity contribution is -0.384. The number of non-ortho nitro benzene ring substituents is 1. The molecule has 0 N–H and O–H groups in total. The fourth-order valence-corrected chi connectivity index (χ4v) is 4.19. The number of nitrogens with zero attached hydrogens (tertiary/aromatic N) is 3. The number of fused-ring (bicyclic) bond motifs is 1. The predicted molar refractivity (Wildman–Crippen MR) is 117 cm³/mol. The van der Waals surface area contributed by atoms with Gasteiger partial charge in [0.15, 0.2) is 6.10 Å². The Balaban J connectivity index is 1.42. The summed E-state index contributed by atoms with van der Waals surface area (Å²) in [5, 5.41) is 20.1. The van der Waals surface area contributed by atoms with Crippen LogP contribution in [0, 0.1) is 10.1 Å². The smallest absolute Gasteiger partial charge is 0.331 e. The van der Waals surface area contributed by atoms with Gasteiger partial charge in [0, 0.05) is 38.7 Å². The van der Waals surface area contributed by atoms with Gasteiger partial charge in [-0.05, 0) is 31.2 Å². The van der Waals surface area contributed by atoms with Gasteiger partial charge in [-0.25, -0.2) is 4.79 Å². The summed E-state index contributed by atoms with van der Waals surface area (Å²) >= 11 is 7.84. The molecule has 0 saturated heterocycles. The molecule has 0 aliphatic carbocycles. The third-order valence-electron chi connectivity index (χ3n) is 4.34. The summed E-state index contributed by atoms with van der Waals surface area (Å²) in [5.74, 6) is -0.313. The highest BCUT2D eigenvalue weighted by molar-refractivity contribution is 7.20. The summed E-state index contributed by atoms with van der Waals surface area (Å²) in [6.07, 6.45) is 2.12. The fraction of sp³-hybridized carbons (Fsp3) is 0.0952. The van der Waals surface area contributed by atoms with Crippen molar-refractivity contribution < 1.29 is 18.9 Å². The summed E-state index contributed by atoms with van der Waals surface area (Å²) in [6.45, 7) is 1.60. The molecule has 2 heterocycles. The number of aromatic nitrogens is 2. The highest BCUT2D eigenvalue weighted by Gasteiger charge is 2.19. The summed E-state index contributed by atoms with van der Waals surface area (Å²) in [7, 11) is 0. The molecule has 0 fully saturated rings. The molecule has 4 aromatic rings. The molecule has 0 amide bonds. The van der Waals surface area contributed by atoms with Gasteiger partial charge in [0.05, 0.1) is 9.95 Å². The number of rotatable bonds is 6. The van der Waals surface area contributed by atoms with E-state index in [-0.39, 0.29) is 17.5 Å². The summed E-state index contributed by atoms with van der Waals surface area (Å²) in [6, 6.07) is 13.4. The van der Waals surface area contributed by atoms with Gasteiger partial charge in [0.2, 0.25) is 5.89 Å². The summed E-state index contributed by atoms with van der Waals surface area (Å²) < 4.78 is 11.9. The van der Waals surface area contributed by atoms with Crippen molar-refractivity contribution in [1.29, 1.82) is 0 Å². The van der Waals surface area contributed by atoms with Gasteiger partial charge >= 0.3 is 5.97 Å². The number of nitro groups is 1. The number of esters is 1. The first kappa shape index (κ1) is 20.7. The van der Waals surface area contributed by atoms with Crippen LogP contribution in [-0.4, -0.2) is 21.1 Å². The third kappa shape index (κ3) is 4.47. The molecule has 10 heteroatoms. The first-order chi connectivity index (χ1) is 14.9. The Bertz CT molecular complexity index is 1300. The van der Waals surface area contributed by atoms with Crippen LogP contribution in [0.15, 0.2) is 59.0 Å². The van der Waals surface area contributed by atoms with Crippen molar-refractivity contribution in [2.24, 2.45) is 0 Å². The molecule has 8 nitrogen and oxygen atoms in total. The van der Waals surface area contributed by atoms with Gasteiger partial charge in [-0.3, -0.25) is 10.1 Å². The first-order valence-electron chi connectivity index (χ1n) is 9.06. The largest absolute Gasteiger partial charge is 0.449 e. The molecule has 0 aliphatic rings. The first-order valence-corrected chi connectivity index (χ1v) is 10.3. The van der Waals surface area contributed by atoms with Gasteiger partial charge in [0.25, 0.3) is 11.6 Å². The zero-order chi connectivity index (χ0) is 22.0. The second-order valence-corrected chi connectivity index (χ2v) is 7.90. The molecule has 0 saturated carbocycles. The van der Waals surface area contributed by atoms with E-state index in [1.807, 2.05) is 24.3 Å². The van der Waals surface area contributed by atoms with Crippen molar-refractivity contribution in [3.05, 3.63) is 80.5 Å². The maximum Gasteiger partial charge on any atom is 0.331 e. The minimum Gasteiger partial charge on any atom is -0.449 e. The highest BCUT2D eigenvalue weighted by Crippen LogP contribution is 2.36. The van der Waals surface area contributed by atoms with Crippen LogP contribution < -0.4 is 0 Å². The second-order valence-electron chi connectivity index (χ2n) is 6.44. The summed E-state index contributed by atoms with van der Waals surface area (Å²) in [5.41, 5.74) is 0.471. The molecule has 31 heavy (non-hydrogen) atoms. The van der Waals surface area contributed by atoms with Crippen molar-refractivity contribution in [3.8, 4) is 11.5 Å². The highest BCUT2D eigenvalue weighted by atomic mass is 35.5. The van der Waals surface area contributed by atoms with Crippen LogP contribution in [0.2, 0.25) is 5.02 Å². The Kier molecular flexibility index (Phi) is 5.79. The maximum atomic E-state index is 12.2. The molecule has 0 aliphatic heterocycles. The molecule has 1 unspecified atom stereocenters. The number of thiophene rings is 1. The third-order valence-corrected chi connectivity index (χ3v) is 5.99. The van der Waals surface area contributed by atoms with E-state index in [9.17, 15) is 14.9 Å². The molecular weight excluding hydrogens is 442 g/mol. The van der Waals surface area contributed by atoms with E-state index in [4.69, 9.17) is 20.8 Å². The van der Waals surface area contributed by atoms with Gasteiger partial charge < -0.3 is 9.15 Å². The average molecular weight is 456 g/mol. The fourth-order valence-electron chi connectivity index (χ4n) is 2.79. The number of carbonyl (C=O) groups excluding carboxylic acids is 1. The van der Waals surface area contributed by atoms with Crippen LogP contribution in [-0.2, 0) is 9.53 Å². The van der Waals surface area contributed by atoms with Crippen LogP contribution in [0.5, 0.6) is 0 Å². The van der Waals surface area contributed by atoms with E-state index in [1.165, 1.54) is 41.7 Å². The Morgan fingerprint density at radius 2 is 1.97 bits per heavy atom. The lowest BCUT2D eigenvalue weighted by atomic mass is 10.2. The monoisotopic (exact) mass is 455 g/mol. The number of nitro benzene ring substituents is 1. The van der Waals surface area contributed by atoms with Gasteiger partial charge in [-0.1, -0.05) is 29.8 Å². The molecule has 4 rings (SSSR count). The van der Waals surface area contributed by atoms with E-state index in [0.29, 0.717) is 10.6 Å². The van der Waals surface area contributed by atoms with Gasteiger partial charge in [-0.15, -0.1) is 21.5 Å². The number of hydrogen-bond acceptors (Lipinski definition) is 8. The SMILES string of the molecule is CC(OC(=O)/C=C/c1sc2ccccc2c1Cl)c1nnc(-c2ccc([N+](=O)[O-])cc2)o1. The second kappa shape index (κ2) is 8.66. The van der Waals surface area contributed by atoms with Crippen LogP contribution in [0.4, 0.5) is 5.69 Å². The zero-order valence-electron chi connectivity index (χ0n) is 16.0. The topological polar surface area (TPSA) is 108 Å². The van der Waals surface area contributed by atoms with Gasteiger partial charge in [-0.2, -0.15) is 0 Å². The van der Waals surface area contributed by atoms with Crippen LogP contribution in [0.1, 0.15) is 23.8 Å². The van der Waals surface area contributed by atoms with Crippen molar-refractivity contribution in [2.45, 2.75) is 13.0 Å². The molecule has 1 atom stereocenters. The van der Waals surface area contributed by atoms with Crippen molar-refractivity contribution >= 4 is 50.8 Å². The van der Waals surface area contributed by atoms with E-state index < -0.39 is 17.0 Å². The van der Waals surface area contributed by atoms with Gasteiger partial charge in [0.1, 0.15) is 0 Å². The molecule has 2 aromatic carbocycles. The van der Waals surface area contributed by atoms with E-state index in [0.717, 1.165) is 15.0 Å². The number of carbonyl (C=O) groups is 1. The van der Waals surface area contributed by atoms with E-state index >= 15 is 0 Å². The number of halogens is 1. The molecular formula is C21H14ClN3O5S. The van der Waals surface area contributed by atoms with Crippen LogP contribution in [0.3, 0.4) is 0 Å². The average Bonchev–Trinajstić information content (AvgIpc) is 3.38. The molecule has 2 aromatic heterocycles. The molecule has 0 bridgehead atoms. The Hall–Kier alpha value is -3.56. The number of ether oxygens (including phenoxy) is 1. The van der Waals surface area contributed by atoms with Crippen LogP contribution in [0.25, 0.3) is 27.6 Å². The molecule has 156 valence electrons. The Morgan fingerprint density at radius 1 is 1.23 bits per heavy atom. The van der Waals surface area contributed by atoms with E-state index in [2.05, 4.69) is 10.2 Å². The minimum absolute atomic E-state index is 0.0451.